The highest BCUT2D eigenvalue weighted by atomic mass is 79.9. The number of esters is 1. The van der Waals surface area contributed by atoms with Gasteiger partial charge in [-0.3, -0.25) is 4.79 Å². The second-order valence-corrected chi connectivity index (χ2v) is 7.50. The summed E-state index contributed by atoms with van der Waals surface area (Å²) >= 11 is 3.33. The van der Waals surface area contributed by atoms with Crippen LogP contribution in [0, 0.1) is 5.92 Å². The van der Waals surface area contributed by atoms with Crippen LogP contribution in [0.1, 0.15) is 6.42 Å². The summed E-state index contributed by atoms with van der Waals surface area (Å²) in [6, 6.07) is 7.35. The van der Waals surface area contributed by atoms with Crippen LogP contribution >= 0.6 is 15.9 Å². The largest absolute Gasteiger partial charge is 0.490 e. The third-order valence-electron chi connectivity index (χ3n) is 2.84. The third kappa shape index (κ3) is 5.51. The van der Waals surface area contributed by atoms with Crippen molar-refractivity contribution >= 4 is 31.7 Å². The highest BCUT2D eigenvalue weighted by Gasteiger charge is 2.24. The molecule has 1 aromatic rings. The number of hydrogen-bond donors (Lipinski definition) is 0. The van der Waals surface area contributed by atoms with Gasteiger partial charge in [0.1, 0.15) is 19.0 Å². The van der Waals surface area contributed by atoms with Crippen LogP contribution in [0.2, 0.25) is 0 Å². The number of carbonyl (C=O) groups is 1. The molecule has 1 atom stereocenters. The van der Waals surface area contributed by atoms with Crippen molar-refractivity contribution in [1.29, 1.82) is 0 Å². The van der Waals surface area contributed by atoms with Crippen molar-refractivity contribution in [3.05, 3.63) is 40.2 Å². The van der Waals surface area contributed by atoms with Gasteiger partial charge in [-0.1, -0.05) is 28.1 Å². The van der Waals surface area contributed by atoms with Crippen molar-refractivity contribution in [2.45, 2.75) is 6.42 Å². The van der Waals surface area contributed by atoms with Gasteiger partial charge >= 0.3 is 5.97 Å². The number of ether oxygens (including phenoxy) is 2. The fourth-order valence-corrected chi connectivity index (χ4v) is 3.69. The lowest BCUT2D eigenvalue weighted by Gasteiger charge is -2.09. The molecule has 2 rings (SSSR count). The van der Waals surface area contributed by atoms with Gasteiger partial charge in [0.25, 0.3) is 0 Å². The van der Waals surface area contributed by atoms with Gasteiger partial charge in [-0.15, -0.1) is 0 Å². The molecular formula is C14H15BrO5S. The molecule has 21 heavy (non-hydrogen) atoms. The van der Waals surface area contributed by atoms with Gasteiger partial charge in [0.15, 0.2) is 9.84 Å². The van der Waals surface area contributed by atoms with E-state index in [1.807, 2.05) is 18.2 Å². The highest BCUT2D eigenvalue weighted by Crippen LogP contribution is 2.19. The van der Waals surface area contributed by atoms with Crippen LogP contribution < -0.4 is 4.74 Å². The number of sulfone groups is 1. The Labute approximate surface area is 132 Å². The minimum absolute atomic E-state index is 0.0172. The Kier molecular flexibility index (Phi) is 5.41. The van der Waals surface area contributed by atoms with E-state index < -0.39 is 15.8 Å². The third-order valence-corrected chi connectivity index (χ3v) is 4.80. The van der Waals surface area contributed by atoms with E-state index >= 15 is 0 Å². The molecule has 0 aromatic heterocycles. The summed E-state index contributed by atoms with van der Waals surface area (Å²) in [4.78, 5) is 11.6. The second-order valence-electron chi connectivity index (χ2n) is 4.65. The molecule has 0 saturated carbocycles. The maximum absolute atomic E-state index is 11.6. The van der Waals surface area contributed by atoms with E-state index in [9.17, 15) is 13.2 Å². The first kappa shape index (κ1) is 16.0. The first-order chi connectivity index (χ1) is 9.94. The summed E-state index contributed by atoms with van der Waals surface area (Å²) in [5.74, 6) is -0.0327. The molecule has 114 valence electrons. The fraction of sp³-hybridized carbons (Fsp3) is 0.357. The van der Waals surface area contributed by atoms with E-state index in [0.29, 0.717) is 5.75 Å². The van der Waals surface area contributed by atoms with Crippen LogP contribution in [0.5, 0.6) is 5.75 Å². The molecule has 0 amide bonds. The van der Waals surface area contributed by atoms with Crippen molar-refractivity contribution in [2.24, 2.45) is 5.92 Å². The van der Waals surface area contributed by atoms with Crippen molar-refractivity contribution in [2.75, 3.05) is 19.0 Å². The highest BCUT2D eigenvalue weighted by molar-refractivity contribution is 9.10. The molecule has 1 aliphatic heterocycles. The topological polar surface area (TPSA) is 69.7 Å². The lowest BCUT2D eigenvalue weighted by Crippen LogP contribution is -2.16. The number of allylic oxidation sites excluding steroid dienone is 1. The molecule has 0 saturated heterocycles. The Morgan fingerprint density at radius 2 is 2.14 bits per heavy atom. The van der Waals surface area contributed by atoms with Crippen molar-refractivity contribution in [3.8, 4) is 5.75 Å². The van der Waals surface area contributed by atoms with Crippen molar-refractivity contribution in [3.63, 3.8) is 0 Å². The van der Waals surface area contributed by atoms with E-state index in [0.717, 1.165) is 9.88 Å². The van der Waals surface area contributed by atoms with E-state index in [1.165, 1.54) is 6.08 Å². The molecule has 0 bridgehead atoms. The van der Waals surface area contributed by atoms with Gasteiger partial charge in [0, 0.05) is 15.8 Å². The molecule has 7 heteroatoms. The number of halogens is 1. The van der Waals surface area contributed by atoms with Crippen LogP contribution in [0.3, 0.4) is 0 Å². The summed E-state index contributed by atoms with van der Waals surface area (Å²) in [5, 5.41) is 1.15. The molecule has 0 spiro atoms. The van der Waals surface area contributed by atoms with Crippen LogP contribution in [0.4, 0.5) is 0 Å². The van der Waals surface area contributed by atoms with Gasteiger partial charge in [0.05, 0.1) is 12.2 Å². The first-order valence-corrected chi connectivity index (χ1v) is 8.90. The van der Waals surface area contributed by atoms with Crippen molar-refractivity contribution in [1.82, 2.24) is 0 Å². The Balaban J connectivity index is 1.65. The predicted octanol–water partition coefficient (Wildman–Crippen LogP) is 2.32. The van der Waals surface area contributed by atoms with Crippen LogP contribution in [-0.2, 0) is 19.4 Å². The molecule has 5 nitrogen and oxygen atoms in total. The lowest BCUT2D eigenvalue weighted by molar-refractivity contribution is -0.144. The first-order valence-electron chi connectivity index (χ1n) is 6.39. The molecule has 1 aliphatic rings. The molecule has 1 aromatic carbocycles. The second kappa shape index (κ2) is 7.09. The number of benzene rings is 1. The fourth-order valence-electron chi connectivity index (χ4n) is 1.91. The molecule has 1 unspecified atom stereocenters. The normalized spacial score (nSPS) is 19.4. The van der Waals surface area contributed by atoms with E-state index in [2.05, 4.69) is 15.9 Å². The summed E-state index contributed by atoms with van der Waals surface area (Å²) in [7, 11) is -3.12. The maximum Gasteiger partial charge on any atom is 0.306 e. The number of hydrogen-bond acceptors (Lipinski definition) is 5. The Morgan fingerprint density at radius 1 is 1.33 bits per heavy atom. The molecular weight excluding hydrogens is 360 g/mol. The Bertz CT molecular complexity index is 639. The quantitative estimate of drug-likeness (QED) is 0.564. The number of rotatable bonds is 6. The van der Waals surface area contributed by atoms with E-state index in [1.54, 1.807) is 6.07 Å². The van der Waals surface area contributed by atoms with Gasteiger partial charge in [-0.25, -0.2) is 8.42 Å². The van der Waals surface area contributed by atoms with E-state index in [4.69, 9.17) is 9.47 Å². The zero-order valence-electron chi connectivity index (χ0n) is 11.2. The maximum atomic E-state index is 11.6. The molecule has 0 aliphatic carbocycles. The molecule has 1 heterocycles. The summed E-state index contributed by atoms with van der Waals surface area (Å²) in [5.41, 5.74) is 0. The smallest absolute Gasteiger partial charge is 0.306 e. The van der Waals surface area contributed by atoms with Crippen molar-refractivity contribution < 1.29 is 22.7 Å². The summed E-state index contributed by atoms with van der Waals surface area (Å²) < 4.78 is 33.8. The minimum Gasteiger partial charge on any atom is -0.490 e. The monoisotopic (exact) mass is 374 g/mol. The van der Waals surface area contributed by atoms with Crippen LogP contribution in [0.25, 0.3) is 0 Å². The van der Waals surface area contributed by atoms with Crippen LogP contribution in [0.15, 0.2) is 40.2 Å². The number of carbonyl (C=O) groups excluding carboxylic acids is 1. The van der Waals surface area contributed by atoms with Gasteiger partial charge in [-0.05, 0) is 18.2 Å². The average Bonchev–Trinajstić information content (AvgIpc) is 2.74. The summed E-state index contributed by atoms with van der Waals surface area (Å²) in [6.07, 6.45) is 1.61. The molecule has 0 radical (unpaired) electrons. The SMILES string of the molecule is O=C(CC1C=CS(=O)(=O)C1)OCCOc1cccc(Br)c1. The predicted molar refractivity (Wildman–Crippen MR) is 81.6 cm³/mol. The van der Waals surface area contributed by atoms with Gasteiger partial charge in [0.2, 0.25) is 0 Å². The molecule has 0 N–H and O–H groups in total. The van der Waals surface area contributed by atoms with Gasteiger partial charge in [-0.2, -0.15) is 0 Å². The Morgan fingerprint density at radius 3 is 2.81 bits per heavy atom. The standard InChI is InChI=1S/C14H15BrO5S/c15-12-2-1-3-13(9-12)19-5-6-20-14(16)8-11-4-7-21(17,18)10-11/h1-4,7,9,11H,5-6,8,10H2. The lowest BCUT2D eigenvalue weighted by atomic mass is 10.1. The van der Waals surface area contributed by atoms with Gasteiger partial charge < -0.3 is 9.47 Å². The molecule has 0 fully saturated rings. The zero-order chi connectivity index (χ0) is 15.3. The Hall–Kier alpha value is -1.34. The van der Waals surface area contributed by atoms with E-state index in [-0.39, 0.29) is 31.3 Å². The van der Waals surface area contributed by atoms with Crippen LogP contribution in [-0.4, -0.2) is 33.4 Å². The summed E-state index contributed by atoms with van der Waals surface area (Å²) in [6.45, 7) is 0.384. The average molecular weight is 375 g/mol. The minimum atomic E-state index is -3.12. The zero-order valence-corrected chi connectivity index (χ0v) is 13.6.